The lowest BCUT2D eigenvalue weighted by Crippen LogP contribution is -2.02. The average Bonchev–Trinajstić information content (AvgIpc) is 3.12. The van der Waals surface area contributed by atoms with Crippen LogP contribution in [0.3, 0.4) is 0 Å². The van der Waals surface area contributed by atoms with Crippen LogP contribution >= 0.6 is 11.6 Å². The highest BCUT2D eigenvalue weighted by Gasteiger charge is 2.17. The normalized spacial score (nSPS) is 12.5. The van der Waals surface area contributed by atoms with Crippen LogP contribution < -0.4 is 4.74 Å². The van der Waals surface area contributed by atoms with Crippen LogP contribution in [0, 0.1) is 6.92 Å². The summed E-state index contributed by atoms with van der Waals surface area (Å²) in [6.07, 6.45) is 1.47. The molecule has 0 bridgehead atoms. The Labute approximate surface area is 142 Å². The fourth-order valence-corrected chi connectivity index (χ4v) is 2.51. The van der Waals surface area contributed by atoms with Crippen molar-refractivity contribution in [2.75, 3.05) is 0 Å². The Hall–Kier alpha value is -2.54. The van der Waals surface area contributed by atoms with Crippen LogP contribution in [0.5, 0.6) is 5.75 Å². The number of rotatable bonds is 6. The van der Waals surface area contributed by atoms with E-state index >= 15 is 0 Å². The lowest BCUT2D eigenvalue weighted by Gasteiger charge is -2.13. The number of aromatic nitrogens is 2. The van der Waals surface area contributed by atoms with E-state index in [0.717, 1.165) is 0 Å². The Balaban J connectivity index is 1.84. The van der Waals surface area contributed by atoms with Crippen LogP contribution in [0.2, 0.25) is 5.02 Å². The molecule has 0 unspecified atom stereocenters. The molecule has 0 radical (unpaired) electrons. The number of ether oxygens (including phenoxy) is 1. The van der Waals surface area contributed by atoms with E-state index in [1.165, 1.54) is 0 Å². The summed E-state index contributed by atoms with van der Waals surface area (Å²) < 4.78 is 16.5. The molecule has 126 valence electrons. The number of benzene rings is 1. The first kappa shape index (κ1) is 16.3. The minimum absolute atomic E-state index is 0.0284. The molecule has 1 N–H and O–H groups in total. The lowest BCUT2D eigenvalue weighted by atomic mass is 10.1. The van der Waals surface area contributed by atoms with E-state index in [2.05, 4.69) is 10.1 Å². The first-order valence-corrected chi connectivity index (χ1v) is 7.70. The van der Waals surface area contributed by atoms with E-state index in [0.29, 0.717) is 39.1 Å². The van der Waals surface area contributed by atoms with Crippen molar-refractivity contribution >= 4 is 28.5 Å². The second-order valence-corrected chi connectivity index (χ2v) is 5.75. The van der Waals surface area contributed by atoms with Crippen LogP contribution in [0.1, 0.15) is 36.8 Å². The second kappa shape index (κ2) is 6.52. The minimum Gasteiger partial charge on any atom is -0.481 e. The van der Waals surface area contributed by atoms with E-state index in [1.54, 1.807) is 25.3 Å². The standard InChI is InChI=1S/C16H15ClN2O5/c1-8(15-7-18-9(2)23-15)22-14-6-13-10(5-11(14)17)12(19-24-13)3-4-16(20)21/h5-8H,3-4H2,1-2H3,(H,20,21)/t8-/m0/s1. The van der Waals surface area contributed by atoms with E-state index in [-0.39, 0.29) is 18.9 Å². The van der Waals surface area contributed by atoms with Crippen molar-refractivity contribution in [2.24, 2.45) is 0 Å². The summed E-state index contributed by atoms with van der Waals surface area (Å²) in [6, 6.07) is 3.30. The zero-order chi connectivity index (χ0) is 17.3. The molecule has 0 aliphatic rings. The van der Waals surface area contributed by atoms with E-state index in [1.807, 2.05) is 6.92 Å². The molecule has 2 heterocycles. The number of carbonyl (C=O) groups is 1. The molecular formula is C16H15ClN2O5. The third kappa shape index (κ3) is 3.35. The number of nitrogens with zero attached hydrogens (tertiary/aromatic N) is 2. The predicted molar refractivity (Wildman–Crippen MR) is 85.3 cm³/mol. The summed E-state index contributed by atoms with van der Waals surface area (Å²) in [5.41, 5.74) is 1.04. The fourth-order valence-electron chi connectivity index (χ4n) is 2.30. The number of aryl methyl sites for hydroxylation is 2. The summed E-state index contributed by atoms with van der Waals surface area (Å²) in [7, 11) is 0. The van der Waals surface area contributed by atoms with E-state index in [9.17, 15) is 4.79 Å². The van der Waals surface area contributed by atoms with Gasteiger partial charge in [0.15, 0.2) is 23.3 Å². The van der Waals surface area contributed by atoms with Gasteiger partial charge in [-0.3, -0.25) is 4.79 Å². The zero-order valence-corrected chi connectivity index (χ0v) is 13.8. The maximum Gasteiger partial charge on any atom is 0.303 e. The van der Waals surface area contributed by atoms with Gasteiger partial charge in [-0.15, -0.1) is 0 Å². The minimum atomic E-state index is -0.895. The third-order valence-electron chi connectivity index (χ3n) is 3.52. The summed E-state index contributed by atoms with van der Waals surface area (Å²) in [5.74, 6) is 0.670. The fraction of sp³-hybridized carbons (Fsp3) is 0.312. The van der Waals surface area contributed by atoms with Gasteiger partial charge in [-0.25, -0.2) is 4.98 Å². The molecule has 0 fully saturated rings. The van der Waals surface area contributed by atoms with Gasteiger partial charge in [0.25, 0.3) is 0 Å². The smallest absolute Gasteiger partial charge is 0.303 e. The zero-order valence-electron chi connectivity index (χ0n) is 13.1. The molecular weight excluding hydrogens is 336 g/mol. The van der Waals surface area contributed by atoms with E-state index in [4.69, 9.17) is 30.4 Å². The first-order chi connectivity index (χ1) is 11.4. The summed E-state index contributed by atoms with van der Waals surface area (Å²) in [5, 5.41) is 13.7. The van der Waals surface area contributed by atoms with Gasteiger partial charge in [-0.05, 0) is 13.0 Å². The molecule has 24 heavy (non-hydrogen) atoms. The van der Waals surface area contributed by atoms with Gasteiger partial charge >= 0.3 is 5.97 Å². The Bertz CT molecular complexity index is 886. The number of hydrogen-bond acceptors (Lipinski definition) is 6. The summed E-state index contributed by atoms with van der Waals surface area (Å²) in [6.45, 7) is 3.57. The molecule has 3 aromatic rings. The molecule has 1 aromatic carbocycles. The molecule has 0 saturated carbocycles. The van der Waals surface area contributed by atoms with Crippen LogP contribution in [-0.4, -0.2) is 21.2 Å². The SMILES string of the molecule is Cc1ncc([C@H](C)Oc2cc3onc(CCC(=O)O)c3cc2Cl)o1. The van der Waals surface area contributed by atoms with Gasteiger partial charge < -0.3 is 18.8 Å². The largest absolute Gasteiger partial charge is 0.481 e. The van der Waals surface area contributed by atoms with Crippen molar-refractivity contribution in [2.45, 2.75) is 32.8 Å². The Morgan fingerprint density at radius 2 is 2.25 bits per heavy atom. The maximum absolute atomic E-state index is 10.7. The van der Waals surface area contributed by atoms with Gasteiger partial charge in [-0.2, -0.15) is 0 Å². The van der Waals surface area contributed by atoms with Crippen molar-refractivity contribution in [3.8, 4) is 5.75 Å². The molecule has 1 atom stereocenters. The molecule has 0 amide bonds. The Morgan fingerprint density at radius 1 is 1.46 bits per heavy atom. The number of carboxylic acid groups (broad SMARTS) is 1. The summed E-state index contributed by atoms with van der Waals surface area (Å²) in [4.78, 5) is 14.7. The van der Waals surface area contributed by atoms with Gasteiger partial charge in [0.1, 0.15) is 5.75 Å². The molecule has 0 saturated heterocycles. The number of oxazole rings is 1. The number of fused-ring (bicyclic) bond motifs is 1. The molecule has 7 nitrogen and oxygen atoms in total. The van der Waals surface area contributed by atoms with Crippen molar-refractivity contribution < 1.29 is 23.6 Å². The highest BCUT2D eigenvalue weighted by molar-refractivity contribution is 6.32. The quantitative estimate of drug-likeness (QED) is 0.718. The van der Waals surface area contributed by atoms with Gasteiger partial charge in [0, 0.05) is 24.8 Å². The highest BCUT2D eigenvalue weighted by atomic mass is 35.5. The molecule has 0 spiro atoms. The number of carboxylic acids is 1. The predicted octanol–water partition coefficient (Wildman–Crippen LogP) is 3.93. The Morgan fingerprint density at radius 3 is 2.92 bits per heavy atom. The maximum atomic E-state index is 10.7. The topological polar surface area (TPSA) is 98.6 Å². The molecule has 3 rings (SSSR count). The van der Waals surface area contributed by atoms with Crippen molar-refractivity contribution in [1.29, 1.82) is 0 Å². The van der Waals surface area contributed by atoms with Crippen LogP contribution in [0.25, 0.3) is 11.0 Å². The number of hydrogen-bond donors (Lipinski definition) is 1. The van der Waals surface area contributed by atoms with Gasteiger partial charge in [-0.1, -0.05) is 16.8 Å². The second-order valence-electron chi connectivity index (χ2n) is 5.34. The monoisotopic (exact) mass is 350 g/mol. The van der Waals surface area contributed by atoms with Crippen LogP contribution in [0.15, 0.2) is 27.3 Å². The van der Waals surface area contributed by atoms with Crippen molar-refractivity contribution in [3.05, 3.63) is 40.7 Å². The van der Waals surface area contributed by atoms with Gasteiger partial charge in [0.2, 0.25) is 0 Å². The van der Waals surface area contributed by atoms with Crippen LogP contribution in [-0.2, 0) is 11.2 Å². The number of halogens is 1. The first-order valence-electron chi connectivity index (χ1n) is 7.32. The number of aliphatic carboxylic acids is 1. The molecule has 0 aliphatic heterocycles. The Kier molecular flexibility index (Phi) is 4.44. The molecule has 2 aromatic heterocycles. The average molecular weight is 351 g/mol. The third-order valence-corrected chi connectivity index (χ3v) is 3.81. The summed E-state index contributed by atoms with van der Waals surface area (Å²) >= 11 is 6.27. The highest BCUT2D eigenvalue weighted by Crippen LogP contribution is 2.34. The van der Waals surface area contributed by atoms with Crippen molar-refractivity contribution in [1.82, 2.24) is 10.1 Å². The van der Waals surface area contributed by atoms with E-state index < -0.39 is 5.97 Å². The van der Waals surface area contributed by atoms with Gasteiger partial charge in [0.05, 0.1) is 23.3 Å². The van der Waals surface area contributed by atoms with Crippen LogP contribution in [0.4, 0.5) is 0 Å². The lowest BCUT2D eigenvalue weighted by molar-refractivity contribution is -0.136. The van der Waals surface area contributed by atoms with Crippen molar-refractivity contribution in [3.63, 3.8) is 0 Å². The molecule has 0 aliphatic carbocycles. The molecule has 8 heteroatoms.